The summed E-state index contributed by atoms with van der Waals surface area (Å²) < 4.78 is 2.22. The Kier molecular flexibility index (Phi) is 12.1. The fraction of sp³-hybridized carbons (Fsp3) is 0. The normalized spacial score (nSPS) is 11.4. The molecular formula is C70H45ClN8. The molecule has 16 rings (SSSR count). The van der Waals surface area contributed by atoms with Crippen LogP contribution < -0.4 is 0 Å². The molecule has 10 aromatic carbocycles. The zero-order valence-electron chi connectivity index (χ0n) is 42.4. The average Bonchev–Trinajstić information content (AvgIpc) is 3.73. The van der Waals surface area contributed by atoms with E-state index in [-0.39, 0.29) is 5.28 Å². The lowest BCUT2D eigenvalue weighted by Gasteiger charge is -2.13. The first-order valence-corrected chi connectivity index (χ1v) is 26.5. The molecule has 0 saturated carbocycles. The van der Waals surface area contributed by atoms with E-state index in [1.807, 2.05) is 128 Å². The van der Waals surface area contributed by atoms with Crippen LogP contribution in [-0.2, 0) is 0 Å². The molecule has 0 atom stereocenters. The lowest BCUT2D eigenvalue weighted by atomic mass is 10.00. The minimum Gasteiger partial charge on any atom is -0.354 e. The monoisotopic (exact) mass is 1030 g/mol. The molecule has 0 aliphatic rings. The Hall–Kier alpha value is -10.4. The number of nitrogens with one attached hydrogen (secondary N) is 1. The maximum absolute atomic E-state index is 6.03. The number of aromatic nitrogens is 8. The minimum atomic E-state index is 0.264. The highest BCUT2D eigenvalue weighted by molar-refractivity contribution is 6.32. The van der Waals surface area contributed by atoms with E-state index >= 15 is 0 Å². The second-order valence-electron chi connectivity index (χ2n) is 19.2. The predicted octanol–water partition coefficient (Wildman–Crippen LogP) is 18.1. The Balaban J connectivity index is 0.000000118. The fourth-order valence-electron chi connectivity index (χ4n) is 11.0. The molecule has 0 saturated heterocycles. The molecule has 0 aliphatic heterocycles. The minimum absolute atomic E-state index is 0.264. The standard InChI is InChI=1S/C35H22N4.C19H12N2.C16H11ClN2/c1-3-12-23(13-4-1)29-22-30(24-14-5-2-6-15-24)38-35(37-29)39-31-20-10-9-18-27(31)32-25-16-7-8-17-26(25)33-28(34(32)39)19-11-21-36-33;1-2-7-13-12(6-1)17-14-8-3-4-10-16(14)21-19(17)15-9-5-11-20-18(13)15;17-16-18-14(12-7-3-1-4-8-12)11-15(19-16)13-9-5-2-6-10-13/h1-22H;1-11,21H;1-11H. The number of hydrogen-bond donors (Lipinski definition) is 1. The topological polar surface area (TPSA) is 98.1 Å². The van der Waals surface area contributed by atoms with Crippen molar-refractivity contribution >= 4 is 98.6 Å². The highest BCUT2D eigenvalue weighted by Gasteiger charge is 2.22. The van der Waals surface area contributed by atoms with Crippen LogP contribution in [-0.4, -0.2) is 39.5 Å². The molecule has 0 amide bonds. The van der Waals surface area contributed by atoms with Crippen molar-refractivity contribution in [3.05, 3.63) is 272 Å². The van der Waals surface area contributed by atoms with Crippen LogP contribution in [0.25, 0.3) is 138 Å². The molecule has 0 radical (unpaired) electrons. The van der Waals surface area contributed by atoms with Crippen LogP contribution in [0.4, 0.5) is 0 Å². The Morgan fingerprint density at radius 3 is 1.25 bits per heavy atom. The van der Waals surface area contributed by atoms with E-state index < -0.39 is 0 Å². The van der Waals surface area contributed by atoms with Gasteiger partial charge in [0.15, 0.2) is 0 Å². The van der Waals surface area contributed by atoms with Gasteiger partial charge in [0.25, 0.3) is 0 Å². The van der Waals surface area contributed by atoms with Gasteiger partial charge in [-0.2, -0.15) is 0 Å². The maximum Gasteiger partial charge on any atom is 0.235 e. The predicted molar refractivity (Wildman–Crippen MR) is 327 cm³/mol. The third-order valence-corrected chi connectivity index (χ3v) is 14.7. The summed E-state index contributed by atoms with van der Waals surface area (Å²) in [5.74, 6) is 0.641. The molecule has 0 spiro atoms. The van der Waals surface area contributed by atoms with E-state index in [4.69, 9.17) is 26.6 Å². The first kappa shape index (κ1) is 47.1. The van der Waals surface area contributed by atoms with E-state index in [1.165, 1.54) is 54.1 Å². The van der Waals surface area contributed by atoms with E-state index in [0.29, 0.717) is 5.95 Å². The van der Waals surface area contributed by atoms with Crippen LogP contribution in [0, 0.1) is 0 Å². The quantitative estimate of drug-likeness (QED) is 0.136. The summed E-state index contributed by atoms with van der Waals surface area (Å²) in [6, 6.07) is 87.0. The first-order valence-electron chi connectivity index (χ1n) is 26.1. The number of rotatable bonds is 5. The van der Waals surface area contributed by atoms with Crippen molar-refractivity contribution in [3.63, 3.8) is 0 Å². The number of halogens is 1. The smallest absolute Gasteiger partial charge is 0.235 e. The second kappa shape index (κ2) is 20.3. The average molecular weight is 1030 g/mol. The summed E-state index contributed by atoms with van der Waals surface area (Å²) in [6.07, 6.45) is 3.73. The van der Waals surface area contributed by atoms with Crippen molar-refractivity contribution in [2.75, 3.05) is 0 Å². The summed E-state index contributed by atoms with van der Waals surface area (Å²) in [6.45, 7) is 0. The van der Waals surface area contributed by atoms with Crippen molar-refractivity contribution in [3.8, 4) is 51.0 Å². The van der Waals surface area contributed by atoms with Gasteiger partial charge in [-0.15, -0.1) is 0 Å². The van der Waals surface area contributed by atoms with Crippen molar-refractivity contribution in [2.24, 2.45) is 0 Å². The third kappa shape index (κ3) is 8.63. The molecular weight excluding hydrogens is 988 g/mol. The molecule has 0 fully saturated rings. The van der Waals surface area contributed by atoms with E-state index in [2.05, 4.69) is 164 Å². The highest BCUT2D eigenvalue weighted by Crippen LogP contribution is 2.42. The van der Waals surface area contributed by atoms with Gasteiger partial charge in [0.1, 0.15) is 0 Å². The highest BCUT2D eigenvalue weighted by atomic mass is 35.5. The van der Waals surface area contributed by atoms with Gasteiger partial charge in [-0.1, -0.05) is 206 Å². The lowest BCUT2D eigenvalue weighted by molar-refractivity contribution is 0.998. The van der Waals surface area contributed by atoms with Crippen LogP contribution in [0.1, 0.15) is 0 Å². The van der Waals surface area contributed by atoms with Crippen LogP contribution in [0.15, 0.2) is 267 Å². The molecule has 79 heavy (non-hydrogen) atoms. The number of hydrogen-bond acceptors (Lipinski definition) is 6. The fourth-order valence-corrected chi connectivity index (χ4v) is 11.2. The molecule has 0 unspecified atom stereocenters. The van der Waals surface area contributed by atoms with Gasteiger partial charge in [-0.25, -0.2) is 19.9 Å². The van der Waals surface area contributed by atoms with E-state index in [9.17, 15) is 0 Å². The summed E-state index contributed by atoms with van der Waals surface area (Å²) in [7, 11) is 0. The molecule has 1 N–H and O–H groups in total. The second-order valence-corrected chi connectivity index (χ2v) is 19.5. The van der Waals surface area contributed by atoms with Crippen molar-refractivity contribution in [1.29, 1.82) is 0 Å². The summed E-state index contributed by atoms with van der Waals surface area (Å²) in [4.78, 5) is 32.0. The zero-order chi connectivity index (χ0) is 52.7. The molecule has 0 bridgehead atoms. The largest absolute Gasteiger partial charge is 0.354 e. The van der Waals surface area contributed by atoms with Gasteiger partial charge < -0.3 is 4.98 Å². The molecule has 6 aromatic heterocycles. The summed E-state index contributed by atoms with van der Waals surface area (Å²) in [5, 5.41) is 12.3. The molecule has 6 heterocycles. The summed E-state index contributed by atoms with van der Waals surface area (Å²) >= 11 is 6.03. The molecule has 8 nitrogen and oxygen atoms in total. The van der Waals surface area contributed by atoms with Gasteiger partial charge >= 0.3 is 0 Å². The van der Waals surface area contributed by atoms with Crippen LogP contribution in [0.5, 0.6) is 0 Å². The number of aromatic amines is 1. The van der Waals surface area contributed by atoms with E-state index in [0.717, 1.165) is 77.9 Å². The Morgan fingerprint density at radius 1 is 0.329 bits per heavy atom. The van der Waals surface area contributed by atoms with Crippen LogP contribution >= 0.6 is 11.6 Å². The number of benzene rings is 10. The molecule has 9 heteroatoms. The van der Waals surface area contributed by atoms with E-state index in [1.54, 1.807) is 0 Å². The Morgan fingerprint density at radius 2 is 0.722 bits per heavy atom. The van der Waals surface area contributed by atoms with Gasteiger partial charge in [0.2, 0.25) is 11.2 Å². The number of pyridine rings is 2. The summed E-state index contributed by atoms with van der Waals surface area (Å²) in [5.41, 5.74) is 14.1. The lowest BCUT2D eigenvalue weighted by Crippen LogP contribution is -2.04. The van der Waals surface area contributed by atoms with Crippen molar-refractivity contribution in [1.82, 2.24) is 39.5 Å². The first-order chi connectivity index (χ1) is 39.1. The van der Waals surface area contributed by atoms with Crippen molar-refractivity contribution in [2.45, 2.75) is 0 Å². The molecule has 0 aliphatic carbocycles. The SMILES string of the molecule is Clc1nc(-c2ccccc2)cc(-c2ccccc2)n1.c1ccc(-c2cc(-c3ccccc3)nc(-n3c4ccccc4c4c5ccccc5c5ncccc5c43)n2)cc1.c1ccc2c(c1)[nH]c1c3cccnc3c3ccccc3c21. The van der Waals surface area contributed by atoms with Gasteiger partial charge in [0, 0.05) is 83.3 Å². The number of H-pyrrole nitrogens is 1. The Labute approximate surface area is 459 Å². The zero-order valence-corrected chi connectivity index (χ0v) is 43.2. The van der Waals surface area contributed by atoms with Crippen LogP contribution in [0.3, 0.4) is 0 Å². The number of fused-ring (bicyclic) bond motifs is 16. The number of nitrogens with zero attached hydrogens (tertiary/aromatic N) is 7. The van der Waals surface area contributed by atoms with Crippen molar-refractivity contribution < 1.29 is 0 Å². The van der Waals surface area contributed by atoms with Gasteiger partial charge in [-0.05, 0) is 70.9 Å². The Bertz CT molecular complexity index is 4790. The maximum atomic E-state index is 6.03. The third-order valence-electron chi connectivity index (χ3n) is 14.5. The molecule has 372 valence electrons. The molecule has 16 aromatic rings. The van der Waals surface area contributed by atoms with Gasteiger partial charge in [-0.3, -0.25) is 14.5 Å². The van der Waals surface area contributed by atoms with Gasteiger partial charge in [0.05, 0.1) is 50.4 Å². The number of para-hydroxylation sites is 2. The van der Waals surface area contributed by atoms with Crippen LogP contribution in [0.2, 0.25) is 5.28 Å².